The van der Waals surface area contributed by atoms with Crippen LogP contribution >= 0.6 is 0 Å². The fourth-order valence-corrected chi connectivity index (χ4v) is 0.784. The summed E-state index contributed by atoms with van der Waals surface area (Å²) in [7, 11) is 0. The van der Waals surface area contributed by atoms with Gasteiger partial charge in [-0.15, -0.1) is 0 Å². The lowest BCUT2D eigenvalue weighted by Gasteiger charge is -2.06. The second kappa shape index (κ2) is 4.21. The van der Waals surface area contributed by atoms with Crippen LogP contribution in [0.1, 0.15) is 32.2 Å². The van der Waals surface area contributed by atoms with Crippen molar-refractivity contribution in [1.29, 1.82) is 0 Å². The molecule has 0 spiro atoms. The van der Waals surface area contributed by atoms with Crippen LogP contribution in [0.25, 0.3) is 0 Å². The van der Waals surface area contributed by atoms with E-state index in [1.807, 2.05) is 0 Å². The third-order valence-corrected chi connectivity index (χ3v) is 1.47. The molecular weight excluding hydrogens is 174 g/mol. The van der Waals surface area contributed by atoms with E-state index in [0.29, 0.717) is 12.4 Å². The van der Waals surface area contributed by atoms with Crippen LogP contribution in [0.3, 0.4) is 0 Å². The van der Waals surface area contributed by atoms with Crippen LogP contribution < -0.4 is 5.73 Å². The van der Waals surface area contributed by atoms with E-state index < -0.39 is 0 Å². The summed E-state index contributed by atoms with van der Waals surface area (Å²) in [5.74, 6) is 6.78. The van der Waals surface area contributed by atoms with Crippen molar-refractivity contribution in [3.8, 4) is 11.8 Å². The van der Waals surface area contributed by atoms with Crippen molar-refractivity contribution in [2.24, 2.45) is 11.1 Å². The summed E-state index contributed by atoms with van der Waals surface area (Å²) in [5.41, 5.74) is 6.22. The minimum Gasteiger partial charge on any atom is -0.324 e. The van der Waals surface area contributed by atoms with Crippen molar-refractivity contribution >= 4 is 0 Å². The molecule has 2 N–H and O–H groups in total. The highest BCUT2D eigenvalue weighted by Gasteiger charge is 2.03. The second-order valence-electron chi connectivity index (χ2n) is 4.09. The van der Waals surface area contributed by atoms with E-state index in [4.69, 9.17) is 5.73 Å². The van der Waals surface area contributed by atoms with E-state index in [9.17, 15) is 0 Å². The van der Waals surface area contributed by atoms with Gasteiger partial charge in [0.2, 0.25) is 0 Å². The largest absolute Gasteiger partial charge is 0.324 e. The summed E-state index contributed by atoms with van der Waals surface area (Å²) in [4.78, 5) is 8.12. The van der Waals surface area contributed by atoms with Crippen molar-refractivity contribution in [2.45, 2.75) is 27.3 Å². The smallest absolute Gasteiger partial charge is 0.141 e. The first-order chi connectivity index (χ1) is 6.51. The molecule has 0 aliphatic heterocycles. The summed E-state index contributed by atoms with van der Waals surface area (Å²) in [6.07, 6.45) is 3.40. The maximum Gasteiger partial charge on any atom is 0.141 e. The van der Waals surface area contributed by atoms with Gasteiger partial charge in [0.1, 0.15) is 5.82 Å². The molecule has 0 saturated carbocycles. The minimum atomic E-state index is 0.00649. The highest BCUT2D eigenvalue weighted by Crippen LogP contribution is 2.10. The van der Waals surface area contributed by atoms with Gasteiger partial charge in [-0.05, 0) is 20.8 Å². The molecule has 74 valence electrons. The van der Waals surface area contributed by atoms with Crippen LogP contribution in [0.15, 0.2) is 12.4 Å². The van der Waals surface area contributed by atoms with Crippen molar-refractivity contribution in [2.75, 3.05) is 0 Å². The van der Waals surface area contributed by atoms with E-state index in [0.717, 1.165) is 5.56 Å². The normalized spacial score (nSPS) is 10.6. The van der Waals surface area contributed by atoms with Crippen LogP contribution in [-0.4, -0.2) is 9.97 Å². The molecule has 0 bridgehead atoms. The third kappa shape index (κ3) is 3.55. The number of hydrogen-bond donors (Lipinski definition) is 1. The number of nitrogens with two attached hydrogens (primary N) is 1. The quantitative estimate of drug-likeness (QED) is 0.678. The Balaban J connectivity index is 2.82. The first-order valence-electron chi connectivity index (χ1n) is 4.55. The topological polar surface area (TPSA) is 51.8 Å². The van der Waals surface area contributed by atoms with Gasteiger partial charge in [0.15, 0.2) is 0 Å². The molecule has 0 fully saturated rings. The van der Waals surface area contributed by atoms with Crippen LogP contribution in [0.4, 0.5) is 0 Å². The van der Waals surface area contributed by atoms with Crippen LogP contribution in [0, 0.1) is 17.3 Å². The summed E-state index contributed by atoms with van der Waals surface area (Å²) < 4.78 is 0. The van der Waals surface area contributed by atoms with Crippen molar-refractivity contribution in [3.63, 3.8) is 0 Å². The highest BCUT2D eigenvalue weighted by atomic mass is 14.9. The molecule has 0 aromatic carbocycles. The van der Waals surface area contributed by atoms with Gasteiger partial charge in [0.25, 0.3) is 0 Å². The van der Waals surface area contributed by atoms with E-state index in [-0.39, 0.29) is 5.41 Å². The molecule has 0 unspecified atom stereocenters. The zero-order valence-corrected chi connectivity index (χ0v) is 8.83. The molecule has 0 aliphatic rings. The van der Waals surface area contributed by atoms with E-state index in [1.54, 1.807) is 12.4 Å². The Bertz CT molecular complexity index is 349. The van der Waals surface area contributed by atoms with Crippen molar-refractivity contribution < 1.29 is 0 Å². The van der Waals surface area contributed by atoms with Crippen LogP contribution in [-0.2, 0) is 6.54 Å². The zero-order valence-electron chi connectivity index (χ0n) is 8.83. The van der Waals surface area contributed by atoms with E-state index in [1.165, 1.54) is 0 Å². The van der Waals surface area contributed by atoms with Gasteiger partial charge in [-0.1, -0.05) is 11.8 Å². The Morgan fingerprint density at radius 2 is 1.86 bits per heavy atom. The van der Waals surface area contributed by atoms with Crippen LogP contribution in [0.2, 0.25) is 0 Å². The summed E-state index contributed by atoms with van der Waals surface area (Å²) in [5, 5.41) is 0. The van der Waals surface area contributed by atoms with Crippen molar-refractivity contribution in [1.82, 2.24) is 9.97 Å². The molecule has 1 heterocycles. The molecular formula is C11H15N3. The van der Waals surface area contributed by atoms with Crippen molar-refractivity contribution in [3.05, 3.63) is 23.8 Å². The molecule has 3 heteroatoms. The number of nitrogens with zero attached hydrogens (tertiary/aromatic N) is 2. The average Bonchev–Trinajstić information content (AvgIpc) is 2.14. The number of aromatic nitrogens is 2. The maximum absolute atomic E-state index is 5.38. The van der Waals surface area contributed by atoms with Gasteiger partial charge in [0, 0.05) is 17.8 Å². The Morgan fingerprint density at radius 1 is 1.29 bits per heavy atom. The first kappa shape index (κ1) is 10.7. The standard InChI is InChI=1S/C11H15N3/c1-11(2,3)5-4-9-7-13-10(6-12)14-8-9/h7-8H,6,12H2,1-3H3. The molecule has 0 atom stereocenters. The van der Waals surface area contributed by atoms with Gasteiger partial charge >= 0.3 is 0 Å². The predicted molar refractivity (Wildman–Crippen MR) is 56.3 cm³/mol. The van der Waals surface area contributed by atoms with Gasteiger partial charge in [-0.2, -0.15) is 0 Å². The lowest BCUT2D eigenvalue weighted by molar-refractivity contribution is 0.571. The average molecular weight is 189 g/mol. The molecule has 1 aromatic rings. The molecule has 0 radical (unpaired) electrons. The first-order valence-corrected chi connectivity index (χ1v) is 4.55. The molecule has 1 aromatic heterocycles. The van der Waals surface area contributed by atoms with Gasteiger partial charge in [0.05, 0.1) is 12.1 Å². The van der Waals surface area contributed by atoms with E-state index in [2.05, 4.69) is 42.6 Å². The van der Waals surface area contributed by atoms with Crippen LogP contribution in [0.5, 0.6) is 0 Å². The molecule has 0 amide bonds. The zero-order chi connectivity index (χ0) is 10.6. The number of hydrogen-bond acceptors (Lipinski definition) is 3. The SMILES string of the molecule is CC(C)(C)C#Cc1cnc(CN)nc1. The lowest BCUT2D eigenvalue weighted by atomic mass is 9.98. The highest BCUT2D eigenvalue weighted by molar-refractivity contribution is 5.31. The van der Waals surface area contributed by atoms with Gasteiger partial charge in [-0.3, -0.25) is 0 Å². The monoisotopic (exact) mass is 189 g/mol. The molecule has 3 nitrogen and oxygen atoms in total. The second-order valence-corrected chi connectivity index (χ2v) is 4.09. The van der Waals surface area contributed by atoms with Gasteiger partial charge in [-0.25, -0.2) is 9.97 Å². The lowest BCUT2D eigenvalue weighted by Crippen LogP contribution is -2.03. The fourth-order valence-electron chi connectivity index (χ4n) is 0.784. The number of rotatable bonds is 1. The summed E-state index contributed by atoms with van der Waals surface area (Å²) in [6, 6.07) is 0. The Kier molecular flexibility index (Phi) is 3.21. The molecule has 14 heavy (non-hydrogen) atoms. The fraction of sp³-hybridized carbons (Fsp3) is 0.455. The third-order valence-electron chi connectivity index (χ3n) is 1.47. The Morgan fingerprint density at radius 3 is 2.29 bits per heavy atom. The minimum absolute atomic E-state index is 0.00649. The predicted octanol–water partition coefficient (Wildman–Crippen LogP) is 1.33. The molecule has 1 rings (SSSR count). The maximum atomic E-state index is 5.38. The van der Waals surface area contributed by atoms with Gasteiger partial charge < -0.3 is 5.73 Å². The molecule has 0 saturated heterocycles. The summed E-state index contributed by atoms with van der Waals surface area (Å²) in [6.45, 7) is 6.56. The summed E-state index contributed by atoms with van der Waals surface area (Å²) >= 11 is 0. The Hall–Kier alpha value is -1.40. The van der Waals surface area contributed by atoms with E-state index >= 15 is 0 Å². The Labute approximate surface area is 84.8 Å². The molecule has 0 aliphatic carbocycles.